The number of ether oxygens (including phenoxy) is 1. The topological polar surface area (TPSA) is 49.9 Å². The average Bonchev–Trinajstić information content (AvgIpc) is 3.37. The Morgan fingerprint density at radius 3 is 2.73 bits per heavy atom. The van der Waals surface area contributed by atoms with Crippen molar-refractivity contribution in [2.24, 2.45) is 5.92 Å². The van der Waals surface area contributed by atoms with E-state index in [1.807, 2.05) is 12.1 Å². The molecule has 5 heteroatoms. The van der Waals surface area contributed by atoms with Crippen LogP contribution in [0.3, 0.4) is 0 Å². The number of hydrogen-bond acceptors (Lipinski definition) is 4. The first kappa shape index (κ1) is 14.6. The van der Waals surface area contributed by atoms with Gasteiger partial charge in [0, 0.05) is 19.6 Å². The van der Waals surface area contributed by atoms with E-state index in [1.54, 1.807) is 11.0 Å². The number of benzene rings is 1. The number of fused-ring (bicyclic) bond motifs is 1. The molecule has 0 aromatic heterocycles. The van der Waals surface area contributed by atoms with E-state index in [2.05, 4.69) is 11.5 Å². The van der Waals surface area contributed by atoms with Crippen LogP contribution in [0.25, 0.3) is 0 Å². The van der Waals surface area contributed by atoms with Gasteiger partial charge < -0.3 is 14.5 Å². The van der Waals surface area contributed by atoms with E-state index in [1.165, 1.54) is 26.0 Å². The highest BCUT2D eigenvalue weighted by Gasteiger charge is 2.31. The summed E-state index contributed by atoms with van der Waals surface area (Å²) in [6.07, 6.45) is 3.85. The number of carbonyl (C=O) groups excluding carboxylic acids is 2. The minimum absolute atomic E-state index is 0.113. The molecule has 3 rings (SSSR count). The number of methoxy groups -OCH3 is 1. The van der Waals surface area contributed by atoms with Crippen LogP contribution in [-0.2, 0) is 9.53 Å². The van der Waals surface area contributed by atoms with E-state index >= 15 is 0 Å². The van der Waals surface area contributed by atoms with Gasteiger partial charge in [-0.15, -0.1) is 0 Å². The van der Waals surface area contributed by atoms with Crippen molar-refractivity contribution in [3.05, 3.63) is 36.4 Å². The second kappa shape index (κ2) is 5.83. The first-order valence-electron chi connectivity index (χ1n) is 7.55. The first-order valence-corrected chi connectivity index (χ1v) is 7.55. The predicted molar refractivity (Wildman–Crippen MR) is 85.3 cm³/mol. The summed E-state index contributed by atoms with van der Waals surface area (Å²) in [5.41, 5.74) is 2.27. The van der Waals surface area contributed by atoms with Crippen LogP contribution in [0.4, 0.5) is 11.4 Å². The largest absolute Gasteiger partial charge is 0.465 e. The van der Waals surface area contributed by atoms with Crippen LogP contribution in [0, 0.1) is 5.92 Å². The Morgan fingerprint density at radius 1 is 1.32 bits per heavy atom. The van der Waals surface area contributed by atoms with E-state index in [0.29, 0.717) is 12.1 Å². The van der Waals surface area contributed by atoms with Crippen molar-refractivity contribution in [2.75, 3.05) is 36.5 Å². The number of nitrogens with zero attached hydrogens (tertiary/aromatic N) is 2. The Labute approximate surface area is 130 Å². The molecule has 2 aliphatic rings. The van der Waals surface area contributed by atoms with Gasteiger partial charge in [-0.1, -0.05) is 6.58 Å². The number of amides is 1. The highest BCUT2D eigenvalue weighted by atomic mass is 16.5. The highest BCUT2D eigenvalue weighted by Crippen LogP contribution is 2.38. The van der Waals surface area contributed by atoms with Crippen molar-refractivity contribution in [1.82, 2.24) is 0 Å². The molecule has 0 spiro atoms. The molecule has 0 atom stereocenters. The van der Waals surface area contributed by atoms with Gasteiger partial charge in [0.25, 0.3) is 5.91 Å². The SMILES string of the molecule is C=CC(=O)N1CCN(CC2CC2)c2cc(C(=O)OC)ccc21. The molecule has 116 valence electrons. The predicted octanol–water partition coefficient (Wildman–Crippen LogP) is 2.22. The molecule has 1 heterocycles. The fourth-order valence-electron chi connectivity index (χ4n) is 2.85. The van der Waals surface area contributed by atoms with E-state index in [4.69, 9.17) is 4.74 Å². The van der Waals surface area contributed by atoms with E-state index < -0.39 is 0 Å². The molecular formula is C17H20N2O3. The molecule has 1 aromatic carbocycles. The van der Waals surface area contributed by atoms with Gasteiger partial charge in [0.15, 0.2) is 0 Å². The molecule has 5 nitrogen and oxygen atoms in total. The van der Waals surface area contributed by atoms with Crippen molar-refractivity contribution >= 4 is 23.3 Å². The summed E-state index contributed by atoms with van der Waals surface area (Å²) in [6, 6.07) is 5.35. The second-order valence-corrected chi connectivity index (χ2v) is 5.78. The molecule has 1 aliphatic carbocycles. The summed E-state index contributed by atoms with van der Waals surface area (Å²) in [7, 11) is 1.37. The van der Waals surface area contributed by atoms with Crippen molar-refractivity contribution in [3.63, 3.8) is 0 Å². The number of rotatable bonds is 4. The van der Waals surface area contributed by atoms with E-state index in [0.717, 1.165) is 30.4 Å². The lowest BCUT2D eigenvalue weighted by molar-refractivity contribution is -0.114. The van der Waals surface area contributed by atoms with E-state index in [-0.39, 0.29) is 11.9 Å². The maximum Gasteiger partial charge on any atom is 0.337 e. The zero-order valence-electron chi connectivity index (χ0n) is 12.7. The van der Waals surface area contributed by atoms with Crippen LogP contribution in [0.1, 0.15) is 23.2 Å². The molecule has 0 unspecified atom stereocenters. The normalized spacial score (nSPS) is 17.0. The van der Waals surface area contributed by atoms with Gasteiger partial charge in [0.05, 0.1) is 24.0 Å². The summed E-state index contributed by atoms with van der Waals surface area (Å²) >= 11 is 0. The lowest BCUT2D eigenvalue weighted by Gasteiger charge is -2.37. The Bertz CT molecular complexity index is 622. The molecule has 1 aromatic rings. The fraction of sp³-hybridized carbons (Fsp3) is 0.412. The molecule has 0 radical (unpaired) electrons. The molecule has 1 amide bonds. The van der Waals surface area contributed by atoms with Crippen molar-refractivity contribution in [3.8, 4) is 0 Å². The fourth-order valence-corrected chi connectivity index (χ4v) is 2.85. The van der Waals surface area contributed by atoms with Crippen molar-refractivity contribution in [2.45, 2.75) is 12.8 Å². The van der Waals surface area contributed by atoms with Gasteiger partial charge in [-0.3, -0.25) is 4.79 Å². The average molecular weight is 300 g/mol. The van der Waals surface area contributed by atoms with Crippen molar-refractivity contribution in [1.29, 1.82) is 0 Å². The van der Waals surface area contributed by atoms with Gasteiger partial charge in [0.2, 0.25) is 0 Å². The minimum Gasteiger partial charge on any atom is -0.465 e. The first-order chi connectivity index (χ1) is 10.6. The van der Waals surface area contributed by atoms with Gasteiger partial charge in [-0.2, -0.15) is 0 Å². The third-order valence-electron chi connectivity index (χ3n) is 4.24. The third-order valence-corrected chi connectivity index (χ3v) is 4.24. The molecule has 0 bridgehead atoms. The highest BCUT2D eigenvalue weighted by molar-refractivity contribution is 6.05. The summed E-state index contributed by atoms with van der Waals surface area (Å²) in [4.78, 5) is 27.8. The van der Waals surface area contributed by atoms with E-state index in [9.17, 15) is 9.59 Å². The van der Waals surface area contributed by atoms with Crippen LogP contribution in [0.15, 0.2) is 30.9 Å². The monoisotopic (exact) mass is 300 g/mol. The van der Waals surface area contributed by atoms with Crippen LogP contribution in [-0.4, -0.2) is 38.6 Å². The van der Waals surface area contributed by atoms with Crippen LogP contribution >= 0.6 is 0 Å². The van der Waals surface area contributed by atoms with Gasteiger partial charge in [-0.25, -0.2) is 4.79 Å². The Balaban J connectivity index is 1.98. The lowest BCUT2D eigenvalue weighted by atomic mass is 10.1. The zero-order chi connectivity index (χ0) is 15.7. The standard InChI is InChI=1S/C17H20N2O3/c1-3-16(20)19-9-8-18(11-12-4-5-12)15-10-13(17(21)22-2)6-7-14(15)19/h3,6-7,10,12H,1,4-5,8-9,11H2,2H3. The van der Waals surface area contributed by atoms with Crippen LogP contribution in [0.2, 0.25) is 0 Å². The van der Waals surface area contributed by atoms with Gasteiger partial charge >= 0.3 is 5.97 Å². The lowest BCUT2D eigenvalue weighted by Crippen LogP contribution is -2.44. The summed E-state index contributed by atoms with van der Waals surface area (Å²) < 4.78 is 4.80. The number of hydrogen-bond donors (Lipinski definition) is 0. The molecule has 0 N–H and O–H groups in total. The molecule has 1 saturated carbocycles. The zero-order valence-corrected chi connectivity index (χ0v) is 12.7. The number of esters is 1. The summed E-state index contributed by atoms with van der Waals surface area (Å²) in [5.74, 6) is 0.260. The summed E-state index contributed by atoms with van der Waals surface area (Å²) in [6.45, 7) is 5.96. The second-order valence-electron chi connectivity index (χ2n) is 5.78. The molecule has 1 aliphatic heterocycles. The third kappa shape index (κ3) is 2.71. The molecule has 0 saturated heterocycles. The van der Waals surface area contributed by atoms with Crippen LogP contribution in [0.5, 0.6) is 0 Å². The van der Waals surface area contributed by atoms with Gasteiger partial charge in [0.1, 0.15) is 0 Å². The number of carbonyl (C=O) groups is 2. The van der Waals surface area contributed by atoms with Crippen molar-refractivity contribution < 1.29 is 14.3 Å². The Morgan fingerprint density at radius 2 is 2.09 bits per heavy atom. The quantitative estimate of drug-likeness (QED) is 0.632. The Hall–Kier alpha value is -2.30. The van der Waals surface area contributed by atoms with Gasteiger partial charge in [-0.05, 0) is 43.0 Å². The van der Waals surface area contributed by atoms with Crippen LogP contribution < -0.4 is 9.80 Å². The Kier molecular flexibility index (Phi) is 3.88. The molecule has 1 fully saturated rings. The summed E-state index contributed by atoms with van der Waals surface area (Å²) in [5, 5.41) is 0. The number of anilines is 2. The minimum atomic E-state index is -0.360. The molecular weight excluding hydrogens is 280 g/mol. The molecule has 22 heavy (non-hydrogen) atoms. The maximum atomic E-state index is 12.0. The smallest absolute Gasteiger partial charge is 0.337 e. The maximum absolute atomic E-state index is 12.0.